The molecule has 17 heavy (non-hydrogen) atoms. The predicted molar refractivity (Wildman–Crippen MR) is 71.9 cm³/mol. The number of fused-ring (bicyclic) bond motifs is 2. The maximum atomic E-state index is 11.6. The normalized spacial score (nSPS) is 18.5. The van der Waals surface area contributed by atoms with Gasteiger partial charge in [-0.3, -0.25) is 4.79 Å². The lowest BCUT2D eigenvalue weighted by Crippen LogP contribution is -2.12. The maximum Gasteiger partial charge on any atom is 0.163 e. The second-order valence-corrected chi connectivity index (χ2v) is 5.09. The van der Waals surface area contributed by atoms with Crippen LogP contribution in [-0.4, -0.2) is 10.8 Å². The van der Waals surface area contributed by atoms with E-state index in [4.69, 9.17) is 0 Å². The Hall–Kier alpha value is -1.48. The van der Waals surface area contributed by atoms with Crippen molar-refractivity contribution in [1.29, 1.82) is 0 Å². The molecule has 3 heteroatoms. The molecule has 3 rings (SSSR count). The van der Waals surface area contributed by atoms with E-state index in [2.05, 4.69) is 27.0 Å². The molecule has 1 aliphatic carbocycles. The van der Waals surface area contributed by atoms with E-state index in [1.807, 2.05) is 25.1 Å². The number of carbonyl (C=O) groups is 1. The second kappa shape index (κ2) is 3.77. The SMILES string of the molecule is CC1C(=O)C=Cc2nc3c(Br)cccc3cc21. The molecule has 0 fully saturated rings. The summed E-state index contributed by atoms with van der Waals surface area (Å²) in [6, 6.07) is 8.03. The standard InChI is InChI=1S/C14H10BrNO/c1-8-10-7-9-3-2-4-11(15)14(9)16-12(10)5-6-13(8)17/h2-8H,1H3. The Kier molecular flexibility index (Phi) is 2.37. The van der Waals surface area contributed by atoms with Crippen molar-refractivity contribution in [3.05, 3.63) is 46.1 Å². The summed E-state index contributed by atoms with van der Waals surface area (Å²) in [5, 5.41) is 1.06. The number of benzene rings is 1. The van der Waals surface area contributed by atoms with Gasteiger partial charge in [-0.1, -0.05) is 19.1 Å². The molecule has 2 aromatic rings. The molecule has 1 aromatic heterocycles. The smallest absolute Gasteiger partial charge is 0.163 e. The minimum absolute atomic E-state index is 0.0918. The zero-order valence-electron chi connectivity index (χ0n) is 9.27. The van der Waals surface area contributed by atoms with Crippen LogP contribution in [0.5, 0.6) is 0 Å². The molecule has 2 nitrogen and oxygen atoms in total. The molecule has 1 aliphatic rings. The summed E-state index contributed by atoms with van der Waals surface area (Å²) in [4.78, 5) is 16.3. The first-order chi connectivity index (χ1) is 8.16. The number of hydrogen-bond acceptors (Lipinski definition) is 2. The molecule has 0 saturated carbocycles. The third kappa shape index (κ3) is 1.62. The average Bonchev–Trinajstić information content (AvgIpc) is 2.33. The number of para-hydroxylation sites is 1. The summed E-state index contributed by atoms with van der Waals surface area (Å²) in [5.41, 5.74) is 2.86. The van der Waals surface area contributed by atoms with Crippen LogP contribution < -0.4 is 0 Å². The lowest BCUT2D eigenvalue weighted by molar-refractivity contribution is -0.115. The quantitative estimate of drug-likeness (QED) is 0.740. The van der Waals surface area contributed by atoms with E-state index in [-0.39, 0.29) is 11.7 Å². The number of allylic oxidation sites excluding steroid dienone is 1. The largest absolute Gasteiger partial charge is 0.294 e. The molecule has 1 heterocycles. The fourth-order valence-electron chi connectivity index (χ4n) is 2.13. The zero-order valence-corrected chi connectivity index (χ0v) is 10.9. The van der Waals surface area contributed by atoms with Gasteiger partial charge in [0.05, 0.1) is 11.2 Å². The molecule has 0 bridgehead atoms. The Morgan fingerprint density at radius 1 is 1.29 bits per heavy atom. The number of ketones is 1. The van der Waals surface area contributed by atoms with Crippen molar-refractivity contribution in [3.8, 4) is 0 Å². The van der Waals surface area contributed by atoms with Gasteiger partial charge in [0.15, 0.2) is 5.78 Å². The summed E-state index contributed by atoms with van der Waals surface area (Å²) < 4.78 is 0.982. The number of rotatable bonds is 0. The number of pyridine rings is 1. The summed E-state index contributed by atoms with van der Waals surface area (Å²) in [6.07, 6.45) is 3.42. The van der Waals surface area contributed by atoms with Crippen molar-refractivity contribution >= 4 is 38.7 Å². The van der Waals surface area contributed by atoms with Crippen LogP contribution in [0.25, 0.3) is 17.0 Å². The van der Waals surface area contributed by atoms with E-state index in [9.17, 15) is 4.79 Å². The van der Waals surface area contributed by atoms with Gasteiger partial charge in [-0.2, -0.15) is 0 Å². The number of hydrogen-bond donors (Lipinski definition) is 0. The molecule has 1 atom stereocenters. The van der Waals surface area contributed by atoms with Crippen molar-refractivity contribution in [3.63, 3.8) is 0 Å². The fourth-order valence-corrected chi connectivity index (χ4v) is 2.60. The van der Waals surface area contributed by atoms with E-state index in [1.165, 1.54) is 0 Å². The van der Waals surface area contributed by atoms with Crippen LogP contribution >= 0.6 is 15.9 Å². The van der Waals surface area contributed by atoms with Crippen LogP contribution in [0.4, 0.5) is 0 Å². The zero-order chi connectivity index (χ0) is 12.0. The summed E-state index contributed by atoms with van der Waals surface area (Å²) in [6.45, 7) is 1.93. The molecule has 0 spiro atoms. The highest BCUT2D eigenvalue weighted by molar-refractivity contribution is 9.10. The topological polar surface area (TPSA) is 30.0 Å². The highest BCUT2D eigenvalue weighted by Gasteiger charge is 2.21. The third-order valence-electron chi connectivity index (χ3n) is 3.16. The lowest BCUT2D eigenvalue weighted by Gasteiger charge is -2.16. The van der Waals surface area contributed by atoms with Gasteiger partial charge in [-0.25, -0.2) is 4.98 Å². The lowest BCUT2D eigenvalue weighted by atomic mass is 9.89. The van der Waals surface area contributed by atoms with Crippen molar-refractivity contribution < 1.29 is 4.79 Å². The average molecular weight is 288 g/mol. The van der Waals surface area contributed by atoms with Gasteiger partial charge in [0.2, 0.25) is 0 Å². The van der Waals surface area contributed by atoms with Gasteiger partial charge in [-0.05, 0) is 45.8 Å². The predicted octanol–water partition coefficient (Wildman–Crippen LogP) is 3.70. The summed E-state index contributed by atoms with van der Waals surface area (Å²) in [7, 11) is 0. The minimum atomic E-state index is -0.0918. The number of nitrogens with zero attached hydrogens (tertiary/aromatic N) is 1. The van der Waals surface area contributed by atoms with Gasteiger partial charge in [0.25, 0.3) is 0 Å². The van der Waals surface area contributed by atoms with Gasteiger partial charge >= 0.3 is 0 Å². The van der Waals surface area contributed by atoms with E-state index < -0.39 is 0 Å². The fraction of sp³-hybridized carbons (Fsp3) is 0.143. The van der Waals surface area contributed by atoms with Gasteiger partial charge in [-0.15, -0.1) is 0 Å². The van der Waals surface area contributed by atoms with Crippen LogP contribution in [0.1, 0.15) is 24.1 Å². The number of carbonyl (C=O) groups excluding carboxylic acids is 1. The summed E-state index contributed by atoms with van der Waals surface area (Å²) in [5.74, 6) is 0.0551. The molecule has 0 aliphatic heterocycles. The minimum Gasteiger partial charge on any atom is -0.294 e. The van der Waals surface area contributed by atoms with Crippen LogP contribution in [0.3, 0.4) is 0 Å². The molecule has 1 unspecified atom stereocenters. The van der Waals surface area contributed by atoms with Crippen LogP contribution in [0, 0.1) is 0 Å². The van der Waals surface area contributed by atoms with E-state index in [0.29, 0.717) is 0 Å². The molecular formula is C14H10BrNO. The highest BCUT2D eigenvalue weighted by atomic mass is 79.9. The molecule has 0 N–H and O–H groups in total. The Balaban J connectivity index is 2.35. The van der Waals surface area contributed by atoms with Crippen molar-refractivity contribution in [2.45, 2.75) is 12.8 Å². The molecule has 0 radical (unpaired) electrons. The van der Waals surface area contributed by atoms with Crippen molar-refractivity contribution in [2.24, 2.45) is 0 Å². The Morgan fingerprint density at radius 3 is 2.94 bits per heavy atom. The first-order valence-corrected chi connectivity index (χ1v) is 6.27. The molecule has 84 valence electrons. The highest BCUT2D eigenvalue weighted by Crippen LogP contribution is 2.31. The molecule has 1 aromatic carbocycles. The van der Waals surface area contributed by atoms with Crippen molar-refractivity contribution in [1.82, 2.24) is 4.98 Å². The first kappa shape index (κ1) is 10.7. The van der Waals surface area contributed by atoms with Gasteiger partial charge < -0.3 is 0 Å². The molecule has 0 saturated heterocycles. The van der Waals surface area contributed by atoms with Crippen LogP contribution in [0.15, 0.2) is 34.8 Å². The van der Waals surface area contributed by atoms with Gasteiger partial charge in [0.1, 0.15) is 0 Å². The Morgan fingerprint density at radius 2 is 2.12 bits per heavy atom. The third-order valence-corrected chi connectivity index (χ3v) is 3.80. The first-order valence-electron chi connectivity index (χ1n) is 5.48. The number of halogens is 1. The van der Waals surface area contributed by atoms with E-state index >= 15 is 0 Å². The van der Waals surface area contributed by atoms with Gasteiger partial charge in [0, 0.05) is 15.8 Å². The summed E-state index contributed by atoms with van der Waals surface area (Å²) >= 11 is 3.50. The van der Waals surface area contributed by atoms with E-state index in [0.717, 1.165) is 26.6 Å². The maximum absolute atomic E-state index is 11.6. The number of aromatic nitrogens is 1. The van der Waals surface area contributed by atoms with Crippen LogP contribution in [0.2, 0.25) is 0 Å². The second-order valence-electron chi connectivity index (χ2n) is 4.23. The molecule has 0 amide bonds. The molecular weight excluding hydrogens is 278 g/mol. The van der Waals surface area contributed by atoms with E-state index in [1.54, 1.807) is 12.2 Å². The van der Waals surface area contributed by atoms with Crippen molar-refractivity contribution in [2.75, 3.05) is 0 Å². The monoisotopic (exact) mass is 287 g/mol. The Labute approximate surface area is 107 Å². The van der Waals surface area contributed by atoms with Crippen LogP contribution in [-0.2, 0) is 4.79 Å². The Bertz CT molecular complexity index is 661.